The van der Waals surface area contributed by atoms with Gasteiger partial charge in [-0.05, 0) is 18.4 Å². The van der Waals surface area contributed by atoms with E-state index < -0.39 is 0 Å². The Balaban J connectivity index is 1.31. The van der Waals surface area contributed by atoms with Crippen LogP contribution >= 0.6 is 0 Å². The van der Waals surface area contributed by atoms with Crippen molar-refractivity contribution in [2.75, 3.05) is 13.1 Å². The summed E-state index contributed by atoms with van der Waals surface area (Å²) in [7, 11) is 0. The standard InChI is InChI=1S/C22H21N3O3/c26-21-8-4-7-19-17-9-15(13-25(19)21)12-24(14-17)22(27)11-18-10-20(28-23-18)16-5-2-1-3-6-16/h1-8,10,15,17H,9,11-14H2. The number of piperidine rings is 1. The van der Waals surface area contributed by atoms with Gasteiger partial charge in [-0.3, -0.25) is 9.59 Å². The number of carbonyl (C=O) groups excluding carboxylic acids is 1. The lowest BCUT2D eigenvalue weighted by Gasteiger charge is -2.42. The Kier molecular flexibility index (Phi) is 4.11. The molecule has 2 aromatic heterocycles. The van der Waals surface area contributed by atoms with Gasteiger partial charge >= 0.3 is 0 Å². The van der Waals surface area contributed by atoms with Gasteiger partial charge in [-0.25, -0.2) is 0 Å². The van der Waals surface area contributed by atoms with Crippen molar-refractivity contribution in [3.05, 3.63) is 76.3 Å². The first-order valence-electron chi connectivity index (χ1n) is 9.66. The topological polar surface area (TPSA) is 68.3 Å². The predicted molar refractivity (Wildman–Crippen MR) is 104 cm³/mol. The van der Waals surface area contributed by atoms with Crippen LogP contribution in [0.25, 0.3) is 11.3 Å². The fourth-order valence-electron chi connectivity index (χ4n) is 4.50. The lowest BCUT2D eigenvalue weighted by atomic mass is 9.83. The van der Waals surface area contributed by atoms with Gasteiger partial charge in [0.15, 0.2) is 5.76 Å². The smallest absolute Gasteiger partial charge is 0.250 e. The summed E-state index contributed by atoms with van der Waals surface area (Å²) < 4.78 is 7.29. The first kappa shape index (κ1) is 17.0. The Bertz CT molecular complexity index is 1070. The molecule has 2 unspecified atom stereocenters. The van der Waals surface area contributed by atoms with Crippen LogP contribution in [-0.4, -0.2) is 33.6 Å². The lowest BCUT2D eigenvalue weighted by molar-refractivity contribution is -0.133. The van der Waals surface area contributed by atoms with Crippen LogP contribution in [0.3, 0.4) is 0 Å². The maximum atomic E-state index is 12.9. The van der Waals surface area contributed by atoms with Crippen molar-refractivity contribution in [2.24, 2.45) is 5.92 Å². The highest BCUT2D eigenvalue weighted by atomic mass is 16.5. The first-order chi connectivity index (χ1) is 13.7. The molecule has 1 aromatic carbocycles. The molecule has 2 bridgehead atoms. The van der Waals surface area contributed by atoms with Crippen LogP contribution in [0.2, 0.25) is 0 Å². The van der Waals surface area contributed by atoms with Gasteiger partial charge in [0.1, 0.15) is 0 Å². The van der Waals surface area contributed by atoms with E-state index in [1.165, 1.54) is 0 Å². The van der Waals surface area contributed by atoms with Crippen molar-refractivity contribution >= 4 is 5.91 Å². The van der Waals surface area contributed by atoms with E-state index >= 15 is 0 Å². The molecule has 0 radical (unpaired) electrons. The van der Waals surface area contributed by atoms with Crippen molar-refractivity contribution < 1.29 is 9.32 Å². The van der Waals surface area contributed by atoms with Gasteiger partial charge in [-0.2, -0.15) is 0 Å². The summed E-state index contributed by atoms with van der Waals surface area (Å²) in [5, 5.41) is 4.08. The van der Waals surface area contributed by atoms with Gasteiger partial charge in [0.25, 0.3) is 5.56 Å². The summed E-state index contributed by atoms with van der Waals surface area (Å²) in [6, 6.07) is 17.0. The van der Waals surface area contributed by atoms with E-state index in [0.29, 0.717) is 37.0 Å². The third kappa shape index (κ3) is 3.05. The fourth-order valence-corrected chi connectivity index (χ4v) is 4.50. The Morgan fingerprint density at radius 2 is 1.93 bits per heavy atom. The highest BCUT2D eigenvalue weighted by molar-refractivity contribution is 5.79. The number of fused-ring (bicyclic) bond motifs is 4. The molecule has 1 saturated heterocycles. The SMILES string of the molecule is O=C(Cc1cc(-c2ccccc2)on1)N1CC2CC(C1)c1cccc(=O)n1C2. The van der Waals surface area contributed by atoms with Gasteiger partial charge in [0.05, 0.1) is 12.1 Å². The third-order valence-electron chi connectivity index (χ3n) is 5.78. The minimum atomic E-state index is 0.0583. The van der Waals surface area contributed by atoms with Crippen molar-refractivity contribution in [2.45, 2.75) is 25.3 Å². The van der Waals surface area contributed by atoms with Gasteiger partial charge in [0.2, 0.25) is 5.91 Å². The summed E-state index contributed by atoms with van der Waals surface area (Å²) >= 11 is 0. The molecule has 28 heavy (non-hydrogen) atoms. The monoisotopic (exact) mass is 375 g/mol. The molecule has 1 amide bonds. The summed E-state index contributed by atoms with van der Waals surface area (Å²) in [6.07, 6.45) is 1.27. The number of pyridine rings is 1. The van der Waals surface area contributed by atoms with Gasteiger partial charge in [0, 0.05) is 48.9 Å². The number of nitrogens with zero attached hydrogens (tertiary/aromatic N) is 3. The third-order valence-corrected chi connectivity index (χ3v) is 5.78. The molecule has 0 saturated carbocycles. The number of aromatic nitrogens is 2. The van der Waals surface area contributed by atoms with E-state index in [2.05, 4.69) is 5.16 Å². The molecular weight excluding hydrogens is 354 g/mol. The van der Waals surface area contributed by atoms with E-state index in [0.717, 1.165) is 17.7 Å². The number of benzene rings is 1. The molecule has 6 nitrogen and oxygen atoms in total. The van der Waals surface area contributed by atoms with Crippen LogP contribution in [0.4, 0.5) is 0 Å². The maximum absolute atomic E-state index is 12.9. The average Bonchev–Trinajstić information content (AvgIpc) is 3.18. The Labute approximate surface area is 162 Å². The molecule has 3 aromatic rings. The second-order valence-corrected chi connectivity index (χ2v) is 7.72. The second-order valence-electron chi connectivity index (χ2n) is 7.72. The highest BCUT2D eigenvalue weighted by Crippen LogP contribution is 2.35. The molecule has 2 aliphatic heterocycles. The molecule has 5 rings (SSSR count). The quantitative estimate of drug-likeness (QED) is 0.706. The van der Waals surface area contributed by atoms with Crippen molar-refractivity contribution in [3.8, 4) is 11.3 Å². The Morgan fingerprint density at radius 3 is 2.79 bits per heavy atom. The zero-order valence-corrected chi connectivity index (χ0v) is 15.5. The summed E-state index contributed by atoms with van der Waals surface area (Å²) in [5.74, 6) is 1.29. The second kappa shape index (κ2) is 6.78. The maximum Gasteiger partial charge on any atom is 0.250 e. The molecule has 1 fully saturated rings. The number of likely N-dealkylation sites (tertiary alicyclic amines) is 1. The number of hydrogen-bond donors (Lipinski definition) is 0. The van der Waals surface area contributed by atoms with Crippen molar-refractivity contribution in [1.82, 2.24) is 14.6 Å². The summed E-state index contributed by atoms with van der Waals surface area (Å²) in [6.45, 7) is 2.04. The van der Waals surface area contributed by atoms with Crippen molar-refractivity contribution in [3.63, 3.8) is 0 Å². The van der Waals surface area contributed by atoms with Gasteiger partial charge in [-0.1, -0.05) is 41.6 Å². The largest absolute Gasteiger partial charge is 0.356 e. The molecule has 2 aliphatic rings. The minimum Gasteiger partial charge on any atom is -0.356 e. The summed E-state index contributed by atoms with van der Waals surface area (Å²) in [5.41, 5.74) is 2.71. The van der Waals surface area contributed by atoms with Crippen LogP contribution in [0.15, 0.2) is 63.9 Å². The molecule has 142 valence electrons. The van der Waals surface area contributed by atoms with Crippen LogP contribution in [0, 0.1) is 5.92 Å². The zero-order chi connectivity index (χ0) is 19.1. The van der Waals surface area contributed by atoms with E-state index in [4.69, 9.17) is 4.52 Å². The van der Waals surface area contributed by atoms with E-state index in [9.17, 15) is 9.59 Å². The van der Waals surface area contributed by atoms with Gasteiger partial charge in [-0.15, -0.1) is 0 Å². The molecule has 0 spiro atoms. The molecular formula is C22H21N3O3. The number of hydrogen-bond acceptors (Lipinski definition) is 4. The first-order valence-corrected chi connectivity index (χ1v) is 9.66. The van der Waals surface area contributed by atoms with E-state index in [1.807, 2.05) is 58.0 Å². The molecule has 0 N–H and O–H groups in total. The molecule has 6 heteroatoms. The van der Waals surface area contributed by atoms with Crippen LogP contribution in [0.5, 0.6) is 0 Å². The zero-order valence-electron chi connectivity index (χ0n) is 15.5. The van der Waals surface area contributed by atoms with Crippen LogP contribution < -0.4 is 5.56 Å². The molecule has 2 atom stereocenters. The lowest BCUT2D eigenvalue weighted by Crippen LogP contribution is -2.49. The fraction of sp³-hybridized carbons (Fsp3) is 0.318. The normalized spacial score (nSPS) is 20.6. The van der Waals surface area contributed by atoms with Gasteiger partial charge < -0.3 is 14.0 Å². The molecule has 4 heterocycles. The predicted octanol–water partition coefficient (Wildman–Crippen LogP) is 2.69. The Hall–Kier alpha value is -3.15. The number of carbonyl (C=O) groups is 1. The minimum absolute atomic E-state index is 0.0583. The van der Waals surface area contributed by atoms with E-state index in [1.54, 1.807) is 6.07 Å². The van der Waals surface area contributed by atoms with Crippen LogP contribution in [0.1, 0.15) is 23.7 Å². The summed E-state index contributed by atoms with van der Waals surface area (Å²) in [4.78, 5) is 27.0. The average molecular weight is 375 g/mol. The number of amides is 1. The Morgan fingerprint density at radius 1 is 1.07 bits per heavy atom. The number of rotatable bonds is 3. The highest BCUT2D eigenvalue weighted by Gasteiger charge is 2.36. The van der Waals surface area contributed by atoms with Crippen molar-refractivity contribution in [1.29, 1.82) is 0 Å². The van der Waals surface area contributed by atoms with Crippen LogP contribution in [-0.2, 0) is 17.8 Å². The van der Waals surface area contributed by atoms with E-state index in [-0.39, 0.29) is 23.8 Å². The molecule has 0 aliphatic carbocycles.